The van der Waals surface area contributed by atoms with Gasteiger partial charge in [0.1, 0.15) is 17.6 Å². The number of ether oxygens (including phenoxy) is 1. The fraction of sp³-hybridized carbons (Fsp3) is 0.429. The minimum Gasteiger partial charge on any atom is -0.382 e. The third kappa shape index (κ3) is 2.98. The molecule has 0 bridgehead atoms. The lowest BCUT2D eigenvalue weighted by Crippen LogP contribution is -2.38. The van der Waals surface area contributed by atoms with Crippen LogP contribution in [0.25, 0.3) is 0 Å². The minimum atomic E-state index is -0.0847. The van der Waals surface area contributed by atoms with Crippen molar-refractivity contribution < 1.29 is 4.74 Å². The zero-order valence-electron chi connectivity index (χ0n) is 11.5. The van der Waals surface area contributed by atoms with E-state index in [1.165, 1.54) is 9.75 Å². The zero-order chi connectivity index (χ0) is 13.9. The Kier molecular flexibility index (Phi) is 3.95. The lowest BCUT2D eigenvalue weighted by Gasteiger charge is -2.32. The number of thiophene rings is 1. The van der Waals surface area contributed by atoms with Crippen molar-refractivity contribution in [3.63, 3.8) is 0 Å². The van der Waals surface area contributed by atoms with Gasteiger partial charge in [-0.1, -0.05) is 0 Å². The Morgan fingerprint density at radius 3 is 3.00 bits per heavy atom. The van der Waals surface area contributed by atoms with Gasteiger partial charge in [-0.05, 0) is 19.1 Å². The molecule has 0 spiro atoms. The summed E-state index contributed by atoms with van der Waals surface area (Å²) in [4.78, 5) is 13.5. The van der Waals surface area contributed by atoms with Gasteiger partial charge in [0.2, 0.25) is 0 Å². The van der Waals surface area contributed by atoms with Gasteiger partial charge in [0.25, 0.3) is 0 Å². The topological polar surface area (TPSA) is 64.3 Å². The molecule has 1 atom stereocenters. The van der Waals surface area contributed by atoms with Crippen molar-refractivity contribution in [3.05, 3.63) is 40.0 Å². The van der Waals surface area contributed by atoms with Crippen LogP contribution >= 0.6 is 11.3 Å². The van der Waals surface area contributed by atoms with Crippen LogP contribution < -0.4 is 5.73 Å². The number of aryl methyl sites for hydroxylation is 1. The van der Waals surface area contributed by atoms with Crippen LogP contribution in [0.15, 0.2) is 24.5 Å². The third-order valence-electron chi connectivity index (χ3n) is 3.39. The Labute approximate surface area is 122 Å². The molecule has 2 aromatic rings. The molecule has 2 N–H and O–H groups in total. The molecule has 0 radical (unpaired) electrons. The van der Waals surface area contributed by atoms with Gasteiger partial charge in [-0.25, -0.2) is 4.98 Å². The molecule has 1 aliphatic heterocycles. The largest absolute Gasteiger partial charge is 0.382 e. The number of hydrogen-bond acceptors (Lipinski definition) is 6. The highest BCUT2D eigenvalue weighted by molar-refractivity contribution is 7.11. The van der Waals surface area contributed by atoms with Gasteiger partial charge in [-0.2, -0.15) is 0 Å². The molecular formula is C14H18N4OS. The van der Waals surface area contributed by atoms with Gasteiger partial charge in [-0.3, -0.25) is 9.88 Å². The Hall–Kier alpha value is -1.50. The summed E-state index contributed by atoms with van der Waals surface area (Å²) in [6, 6.07) is 4.36. The highest BCUT2D eigenvalue weighted by atomic mass is 32.1. The number of nitrogens with two attached hydrogens (primary N) is 1. The molecule has 1 aliphatic rings. The van der Waals surface area contributed by atoms with E-state index < -0.39 is 0 Å². The van der Waals surface area contributed by atoms with Crippen molar-refractivity contribution >= 4 is 17.2 Å². The predicted molar refractivity (Wildman–Crippen MR) is 79.5 cm³/mol. The molecule has 0 saturated carbocycles. The molecule has 6 heteroatoms. The average molecular weight is 290 g/mol. The predicted octanol–water partition coefficient (Wildman–Crippen LogP) is 2.00. The second kappa shape index (κ2) is 5.87. The first-order chi connectivity index (χ1) is 9.72. The van der Waals surface area contributed by atoms with Gasteiger partial charge >= 0.3 is 0 Å². The molecule has 106 valence electrons. The van der Waals surface area contributed by atoms with Crippen LogP contribution in [0.5, 0.6) is 0 Å². The Bertz CT molecular complexity index is 586. The second-order valence-electron chi connectivity index (χ2n) is 4.93. The normalized spacial score (nSPS) is 20.1. The summed E-state index contributed by atoms with van der Waals surface area (Å²) < 4.78 is 5.80. The number of aromatic nitrogens is 2. The van der Waals surface area contributed by atoms with Gasteiger partial charge in [0.05, 0.1) is 6.61 Å². The molecule has 3 rings (SSSR count). The van der Waals surface area contributed by atoms with E-state index in [0.29, 0.717) is 12.4 Å². The van der Waals surface area contributed by atoms with Crippen LogP contribution in [0.3, 0.4) is 0 Å². The lowest BCUT2D eigenvalue weighted by molar-refractivity contribution is -0.0344. The van der Waals surface area contributed by atoms with Crippen molar-refractivity contribution in [1.29, 1.82) is 0 Å². The van der Waals surface area contributed by atoms with E-state index in [0.717, 1.165) is 25.3 Å². The molecule has 0 amide bonds. The Balaban J connectivity index is 1.69. The van der Waals surface area contributed by atoms with Crippen molar-refractivity contribution in [2.75, 3.05) is 25.4 Å². The number of morpholine rings is 1. The Morgan fingerprint density at radius 1 is 1.40 bits per heavy atom. The SMILES string of the molecule is Cc1ccc(CN2CCO[C@H](c3nccnc3N)C2)s1. The van der Waals surface area contributed by atoms with E-state index >= 15 is 0 Å². The number of nitrogen functional groups attached to an aromatic ring is 1. The van der Waals surface area contributed by atoms with Crippen molar-refractivity contribution in [2.24, 2.45) is 0 Å². The van der Waals surface area contributed by atoms with Crippen molar-refractivity contribution in [3.8, 4) is 0 Å². The Morgan fingerprint density at radius 2 is 2.25 bits per heavy atom. The number of rotatable bonds is 3. The van der Waals surface area contributed by atoms with Crippen LogP contribution in [0.2, 0.25) is 0 Å². The molecular weight excluding hydrogens is 272 g/mol. The van der Waals surface area contributed by atoms with Crippen LogP contribution in [-0.4, -0.2) is 34.6 Å². The summed E-state index contributed by atoms with van der Waals surface area (Å²) in [7, 11) is 0. The quantitative estimate of drug-likeness (QED) is 0.936. The zero-order valence-corrected chi connectivity index (χ0v) is 12.3. The van der Waals surface area contributed by atoms with E-state index in [-0.39, 0.29) is 6.10 Å². The van der Waals surface area contributed by atoms with E-state index in [2.05, 4.69) is 33.9 Å². The van der Waals surface area contributed by atoms with Crippen LogP contribution in [0.1, 0.15) is 21.6 Å². The van der Waals surface area contributed by atoms with Gasteiger partial charge < -0.3 is 10.5 Å². The molecule has 20 heavy (non-hydrogen) atoms. The molecule has 0 aliphatic carbocycles. The van der Waals surface area contributed by atoms with E-state index in [1.807, 2.05) is 11.3 Å². The average Bonchev–Trinajstić information content (AvgIpc) is 2.85. The maximum Gasteiger partial charge on any atom is 0.147 e. The summed E-state index contributed by atoms with van der Waals surface area (Å²) in [6.07, 6.45) is 3.18. The smallest absolute Gasteiger partial charge is 0.147 e. The standard InChI is InChI=1S/C14H18N4OS/c1-10-2-3-11(20-10)8-18-6-7-19-12(9-18)13-14(15)17-5-4-16-13/h2-5,12H,6-9H2,1H3,(H2,15,17)/t12-/m0/s1. The summed E-state index contributed by atoms with van der Waals surface area (Å²) in [5.41, 5.74) is 6.63. The van der Waals surface area contributed by atoms with E-state index in [1.54, 1.807) is 12.4 Å². The van der Waals surface area contributed by atoms with Crippen molar-refractivity contribution in [2.45, 2.75) is 19.6 Å². The van der Waals surface area contributed by atoms with Gasteiger partial charge in [0.15, 0.2) is 0 Å². The van der Waals surface area contributed by atoms with E-state index in [9.17, 15) is 0 Å². The fourth-order valence-corrected chi connectivity index (χ4v) is 3.34. The van der Waals surface area contributed by atoms with Crippen LogP contribution in [-0.2, 0) is 11.3 Å². The van der Waals surface area contributed by atoms with Gasteiger partial charge in [0, 0.05) is 41.8 Å². The third-order valence-corrected chi connectivity index (χ3v) is 4.37. The first kappa shape index (κ1) is 13.5. The monoisotopic (exact) mass is 290 g/mol. The second-order valence-corrected chi connectivity index (χ2v) is 6.31. The number of anilines is 1. The maximum atomic E-state index is 5.88. The molecule has 3 heterocycles. The van der Waals surface area contributed by atoms with Gasteiger partial charge in [-0.15, -0.1) is 11.3 Å². The molecule has 0 aromatic carbocycles. The molecule has 1 saturated heterocycles. The fourth-order valence-electron chi connectivity index (χ4n) is 2.41. The highest BCUT2D eigenvalue weighted by Crippen LogP contribution is 2.25. The van der Waals surface area contributed by atoms with E-state index in [4.69, 9.17) is 10.5 Å². The summed E-state index contributed by atoms with van der Waals surface area (Å²) in [5, 5.41) is 0. The van der Waals surface area contributed by atoms with Crippen molar-refractivity contribution in [1.82, 2.24) is 14.9 Å². The summed E-state index contributed by atoms with van der Waals surface area (Å²) in [5.74, 6) is 0.464. The maximum absolute atomic E-state index is 5.88. The number of hydrogen-bond donors (Lipinski definition) is 1. The van der Waals surface area contributed by atoms with Crippen LogP contribution in [0, 0.1) is 6.92 Å². The van der Waals surface area contributed by atoms with Crippen LogP contribution in [0.4, 0.5) is 5.82 Å². The molecule has 2 aromatic heterocycles. The molecule has 0 unspecified atom stereocenters. The minimum absolute atomic E-state index is 0.0847. The number of nitrogens with zero attached hydrogens (tertiary/aromatic N) is 3. The summed E-state index contributed by atoms with van der Waals surface area (Å²) >= 11 is 1.85. The first-order valence-electron chi connectivity index (χ1n) is 6.68. The lowest BCUT2D eigenvalue weighted by atomic mass is 10.2. The summed E-state index contributed by atoms with van der Waals surface area (Å²) in [6.45, 7) is 5.54. The highest BCUT2D eigenvalue weighted by Gasteiger charge is 2.25. The molecule has 5 nitrogen and oxygen atoms in total. The molecule has 1 fully saturated rings. The first-order valence-corrected chi connectivity index (χ1v) is 7.49.